The van der Waals surface area contributed by atoms with E-state index in [4.69, 9.17) is 9.84 Å². The first-order chi connectivity index (χ1) is 10.9. The summed E-state index contributed by atoms with van der Waals surface area (Å²) >= 11 is 0. The molecule has 2 heterocycles. The van der Waals surface area contributed by atoms with Crippen LogP contribution in [0.5, 0.6) is 0 Å². The van der Waals surface area contributed by atoms with Gasteiger partial charge in [0.15, 0.2) is 0 Å². The summed E-state index contributed by atoms with van der Waals surface area (Å²) in [5, 5.41) is 7.02. The van der Waals surface area contributed by atoms with Crippen LogP contribution in [0.3, 0.4) is 0 Å². The Bertz CT molecular complexity index is 654. The standard InChI is InChI=1S/C19H20N2O/c1-3-9-15(10-4-1)18-17-13-7-8-14-21(17)20-19(22-18)16-11-5-2-6-12-16/h1-6,9-12,17-18H,7-8,13-14H2/t17-,18-/m0/s1. The fraction of sp³-hybridized carbons (Fsp3) is 0.316. The van der Waals surface area contributed by atoms with Crippen molar-refractivity contribution in [3.63, 3.8) is 0 Å². The Morgan fingerprint density at radius 3 is 2.41 bits per heavy atom. The van der Waals surface area contributed by atoms with Crippen LogP contribution in [0.2, 0.25) is 0 Å². The normalized spacial score (nSPS) is 24.2. The van der Waals surface area contributed by atoms with Gasteiger partial charge in [0.1, 0.15) is 6.10 Å². The molecule has 0 unspecified atom stereocenters. The Hall–Kier alpha value is -2.29. The molecule has 1 saturated heterocycles. The topological polar surface area (TPSA) is 24.8 Å². The third-order valence-electron chi connectivity index (χ3n) is 4.48. The Morgan fingerprint density at radius 1 is 0.909 bits per heavy atom. The number of hydrogen-bond donors (Lipinski definition) is 0. The van der Waals surface area contributed by atoms with Crippen molar-refractivity contribution in [3.05, 3.63) is 71.8 Å². The first kappa shape index (κ1) is 13.4. The molecule has 0 aliphatic carbocycles. The molecule has 0 bridgehead atoms. The number of fused-ring (bicyclic) bond motifs is 1. The van der Waals surface area contributed by atoms with Crippen LogP contribution in [0.1, 0.15) is 36.5 Å². The van der Waals surface area contributed by atoms with Gasteiger partial charge in [0.25, 0.3) is 0 Å². The Balaban J connectivity index is 1.72. The summed E-state index contributed by atoms with van der Waals surface area (Å²) in [4.78, 5) is 0. The number of rotatable bonds is 2. The molecule has 0 saturated carbocycles. The number of nitrogens with zero attached hydrogens (tertiary/aromatic N) is 2. The van der Waals surface area contributed by atoms with E-state index in [0.29, 0.717) is 6.04 Å². The molecule has 2 aromatic carbocycles. The lowest BCUT2D eigenvalue weighted by atomic mass is 9.93. The zero-order valence-corrected chi connectivity index (χ0v) is 12.6. The molecule has 0 aromatic heterocycles. The van der Waals surface area contributed by atoms with Crippen LogP contribution < -0.4 is 0 Å². The molecule has 22 heavy (non-hydrogen) atoms. The minimum Gasteiger partial charge on any atom is -0.466 e. The minimum absolute atomic E-state index is 0.0641. The highest BCUT2D eigenvalue weighted by molar-refractivity contribution is 5.94. The molecule has 0 amide bonds. The molecule has 2 aliphatic heterocycles. The zero-order valence-electron chi connectivity index (χ0n) is 12.6. The van der Waals surface area contributed by atoms with Crippen LogP contribution in [0.15, 0.2) is 65.8 Å². The van der Waals surface area contributed by atoms with Crippen LogP contribution in [-0.2, 0) is 4.74 Å². The van der Waals surface area contributed by atoms with E-state index >= 15 is 0 Å². The van der Waals surface area contributed by atoms with E-state index in [-0.39, 0.29) is 6.10 Å². The Morgan fingerprint density at radius 2 is 1.64 bits per heavy atom. The van der Waals surface area contributed by atoms with Crippen LogP contribution in [0.25, 0.3) is 0 Å². The van der Waals surface area contributed by atoms with E-state index in [1.165, 1.54) is 18.4 Å². The summed E-state index contributed by atoms with van der Waals surface area (Å²) in [6.07, 6.45) is 3.67. The lowest BCUT2D eigenvalue weighted by molar-refractivity contribution is 0.00624. The number of hydrogen-bond acceptors (Lipinski definition) is 3. The molecule has 2 atom stereocenters. The first-order valence-electron chi connectivity index (χ1n) is 8.04. The predicted octanol–water partition coefficient (Wildman–Crippen LogP) is 3.97. The van der Waals surface area contributed by atoms with Crippen molar-refractivity contribution in [2.45, 2.75) is 31.4 Å². The molecular weight excluding hydrogens is 272 g/mol. The fourth-order valence-corrected chi connectivity index (χ4v) is 3.35. The van der Waals surface area contributed by atoms with Crippen molar-refractivity contribution in [1.29, 1.82) is 0 Å². The summed E-state index contributed by atoms with van der Waals surface area (Å²) in [7, 11) is 0. The second-order valence-electron chi connectivity index (χ2n) is 5.95. The van der Waals surface area contributed by atoms with Gasteiger partial charge in [-0.2, -0.15) is 0 Å². The van der Waals surface area contributed by atoms with Gasteiger partial charge >= 0.3 is 0 Å². The van der Waals surface area contributed by atoms with Gasteiger partial charge in [-0.05, 0) is 37.0 Å². The molecule has 4 rings (SSSR count). The lowest BCUT2D eigenvalue weighted by Gasteiger charge is -2.42. The van der Waals surface area contributed by atoms with Gasteiger partial charge in [-0.25, -0.2) is 0 Å². The molecule has 0 N–H and O–H groups in total. The molecule has 0 spiro atoms. The molecule has 112 valence electrons. The van der Waals surface area contributed by atoms with Crippen molar-refractivity contribution >= 4 is 5.90 Å². The molecule has 1 fully saturated rings. The number of ether oxygens (including phenoxy) is 1. The van der Waals surface area contributed by atoms with E-state index in [1.807, 2.05) is 18.2 Å². The number of hydrazone groups is 1. The van der Waals surface area contributed by atoms with E-state index in [2.05, 4.69) is 47.5 Å². The highest BCUT2D eigenvalue weighted by atomic mass is 16.5. The lowest BCUT2D eigenvalue weighted by Crippen LogP contribution is -2.45. The van der Waals surface area contributed by atoms with Crippen molar-refractivity contribution in [3.8, 4) is 0 Å². The van der Waals surface area contributed by atoms with Crippen LogP contribution >= 0.6 is 0 Å². The highest BCUT2D eigenvalue weighted by Gasteiger charge is 2.36. The van der Waals surface area contributed by atoms with Gasteiger partial charge in [0.2, 0.25) is 5.90 Å². The van der Waals surface area contributed by atoms with Crippen molar-refractivity contribution in [2.75, 3.05) is 6.54 Å². The summed E-state index contributed by atoms with van der Waals surface area (Å²) in [5.74, 6) is 0.743. The maximum absolute atomic E-state index is 6.34. The maximum Gasteiger partial charge on any atom is 0.238 e. The molecule has 0 radical (unpaired) electrons. The van der Waals surface area contributed by atoms with Gasteiger partial charge < -0.3 is 4.74 Å². The summed E-state index contributed by atoms with van der Waals surface area (Å²) in [6, 6.07) is 21.1. The molecule has 3 heteroatoms. The third-order valence-corrected chi connectivity index (χ3v) is 4.48. The Kier molecular flexibility index (Phi) is 3.55. The van der Waals surface area contributed by atoms with Crippen LogP contribution in [0, 0.1) is 0 Å². The SMILES string of the molecule is c1ccc(C2=NN3CCCC[C@H]3[C@H](c3ccccc3)O2)cc1. The summed E-state index contributed by atoms with van der Waals surface area (Å²) in [5.41, 5.74) is 2.29. The molecule has 2 aromatic rings. The van der Waals surface area contributed by atoms with E-state index < -0.39 is 0 Å². The number of piperidine rings is 1. The second-order valence-corrected chi connectivity index (χ2v) is 5.95. The van der Waals surface area contributed by atoms with Gasteiger partial charge in [0.05, 0.1) is 6.04 Å². The van der Waals surface area contributed by atoms with Crippen LogP contribution in [0.4, 0.5) is 0 Å². The van der Waals surface area contributed by atoms with Crippen molar-refractivity contribution in [1.82, 2.24) is 5.01 Å². The average Bonchev–Trinajstić information content (AvgIpc) is 2.62. The molecule has 3 nitrogen and oxygen atoms in total. The highest BCUT2D eigenvalue weighted by Crippen LogP contribution is 2.35. The second kappa shape index (κ2) is 5.84. The monoisotopic (exact) mass is 292 g/mol. The summed E-state index contributed by atoms with van der Waals surface area (Å²) < 4.78 is 6.34. The third kappa shape index (κ3) is 2.47. The quantitative estimate of drug-likeness (QED) is 0.836. The van der Waals surface area contributed by atoms with Crippen molar-refractivity contribution < 1.29 is 4.74 Å². The first-order valence-corrected chi connectivity index (χ1v) is 8.04. The average molecular weight is 292 g/mol. The van der Waals surface area contributed by atoms with Gasteiger partial charge in [-0.1, -0.05) is 48.5 Å². The zero-order chi connectivity index (χ0) is 14.8. The summed E-state index contributed by atoms with van der Waals surface area (Å²) in [6.45, 7) is 1.02. The van der Waals surface area contributed by atoms with Crippen LogP contribution in [-0.4, -0.2) is 23.5 Å². The number of benzene rings is 2. The van der Waals surface area contributed by atoms with E-state index in [9.17, 15) is 0 Å². The van der Waals surface area contributed by atoms with E-state index in [1.54, 1.807) is 0 Å². The smallest absolute Gasteiger partial charge is 0.238 e. The van der Waals surface area contributed by atoms with Gasteiger partial charge in [-0.3, -0.25) is 5.01 Å². The minimum atomic E-state index is 0.0641. The fourth-order valence-electron chi connectivity index (χ4n) is 3.35. The molecule has 2 aliphatic rings. The Labute approximate surface area is 131 Å². The molecular formula is C19H20N2O. The largest absolute Gasteiger partial charge is 0.466 e. The van der Waals surface area contributed by atoms with E-state index in [0.717, 1.165) is 24.4 Å². The van der Waals surface area contributed by atoms with Gasteiger partial charge in [-0.15, -0.1) is 5.10 Å². The maximum atomic E-state index is 6.34. The van der Waals surface area contributed by atoms with Crippen molar-refractivity contribution in [2.24, 2.45) is 5.10 Å². The predicted molar refractivity (Wildman–Crippen MR) is 87.6 cm³/mol. The van der Waals surface area contributed by atoms with Gasteiger partial charge in [0, 0.05) is 12.1 Å².